The van der Waals surface area contributed by atoms with Crippen molar-refractivity contribution in [1.29, 1.82) is 0 Å². The van der Waals surface area contributed by atoms with Crippen LogP contribution in [0.15, 0.2) is 36.5 Å². The summed E-state index contributed by atoms with van der Waals surface area (Å²) in [5.74, 6) is 1.56. The molecule has 0 radical (unpaired) electrons. The predicted molar refractivity (Wildman–Crippen MR) is 118 cm³/mol. The van der Waals surface area contributed by atoms with E-state index in [2.05, 4.69) is 28.9 Å². The van der Waals surface area contributed by atoms with Crippen LogP contribution in [0.3, 0.4) is 0 Å². The van der Waals surface area contributed by atoms with Crippen molar-refractivity contribution in [2.75, 3.05) is 19.7 Å². The van der Waals surface area contributed by atoms with Gasteiger partial charge in [-0.15, -0.1) is 0 Å². The van der Waals surface area contributed by atoms with Crippen LogP contribution in [0.1, 0.15) is 61.7 Å². The first-order valence-electron chi connectivity index (χ1n) is 11.5. The molecule has 0 spiro atoms. The number of fused-ring (bicyclic) bond motifs is 1. The van der Waals surface area contributed by atoms with Crippen LogP contribution in [0.25, 0.3) is 0 Å². The molecule has 2 aliphatic rings. The maximum absolute atomic E-state index is 11.7. The van der Waals surface area contributed by atoms with Gasteiger partial charge in [0.25, 0.3) is 0 Å². The van der Waals surface area contributed by atoms with Crippen molar-refractivity contribution in [2.24, 2.45) is 5.92 Å². The summed E-state index contributed by atoms with van der Waals surface area (Å²) in [6.45, 7) is 7.80. The lowest BCUT2D eigenvalue weighted by molar-refractivity contribution is -0.144. The Balaban J connectivity index is 1.24. The summed E-state index contributed by atoms with van der Waals surface area (Å²) in [6, 6.07) is 10.3. The Labute approximate surface area is 185 Å². The van der Waals surface area contributed by atoms with E-state index in [0.29, 0.717) is 31.7 Å². The van der Waals surface area contributed by atoms with E-state index in [9.17, 15) is 4.79 Å². The van der Waals surface area contributed by atoms with E-state index in [1.165, 1.54) is 16.8 Å². The SMILES string of the molecule is CCOC(=O)CC(C)CN1CCc2nc(C3CC(OCc4ccccc4)C3)ncc2C1. The zero-order valence-electron chi connectivity index (χ0n) is 18.6. The first-order chi connectivity index (χ1) is 15.1. The van der Waals surface area contributed by atoms with Crippen molar-refractivity contribution in [2.45, 2.75) is 64.7 Å². The molecular weight excluding hydrogens is 390 g/mol. The van der Waals surface area contributed by atoms with Crippen molar-refractivity contribution in [3.05, 3.63) is 59.2 Å². The molecule has 6 heteroatoms. The number of esters is 1. The molecule has 1 aliphatic heterocycles. The van der Waals surface area contributed by atoms with Crippen molar-refractivity contribution in [3.8, 4) is 0 Å². The Morgan fingerprint density at radius 2 is 2.06 bits per heavy atom. The monoisotopic (exact) mass is 423 g/mol. The van der Waals surface area contributed by atoms with E-state index in [4.69, 9.17) is 14.5 Å². The van der Waals surface area contributed by atoms with Gasteiger partial charge in [-0.1, -0.05) is 37.3 Å². The molecule has 166 valence electrons. The molecule has 0 N–H and O–H groups in total. The summed E-state index contributed by atoms with van der Waals surface area (Å²) in [7, 11) is 0. The summed E-state index contributed by atoms with van der Waals surface area (Å²) >= 11 is 0. The average molecular weight is 424 g/mol. The number of carbonyl (C=O) groups is 1. The Bertz CT molecular complexity index is 868. The lowest BCUT2D eigenvalue weighted by atomic mass is 9.81. The van der Waals surface area contributed by atoms with E-state index in [0.717, 1.165) is 44.7 Å². The maximum Gasteiger partial charge on any atom is 0.306 e. The highest BCUT2D eigenvalue weighted by atomic mass is 16.5. The third-order valence-electron chi connectivity index (χ3n) is 6.21. The fourth-order valence-electron chi connectivity index (χ4n) is 4.45. The van der Waals surface area contributed by atoms with Crippen LogP contribution in [-0.4, -0.2) is 46.6 Å². The number of aromatic nitrogens is 2. The van der Waals surface area contributed by atoms with Crippen LogP contribution < -0.4 is 0 Å². The van der Waals surface area contributed by atoms with Crippen LogP contribution in [-0.2, 0) is 33.8 Å². The van der Waals surface area contributed by atoms with E-state index in [1.807, 2.05) is 31.3 Å². The van der Waals surface area contributed by atoms with E-state index >= 15 is 0 Å². The second kappa shape index (κ2) is 10.3. The number of ether oxygens (including phenoxy) is 2. The molecule has 1 aliphatic carbocycles. The van der Waals surface area contributed by atoms with Gasteiger partial charge in [0.1, 0.15) is 5.82 Å². The molecule has 1 aromatic carbocycles. The zero-order valence-corrected chi connectivity index (χ0v) is 18.6. The molecule has 1 saturated carbocycles. The van der Waals surface area contributed by atoms with Crippen LogP contribution in [0, 0.1) is 5.92 Å². The minimum Gasteiger partial charge on any atom is -0.466 e. The fraction of sp³-hybridized carbons (Fsp3) is 0.560. The van der Waals surface area contributed by atoms with Gasteiger partial charge in [-0.05, 0) is 31.2 Å². The van der Waals surface area contributed by atoms with Gasteiger partial charge < -0.3 is 9.47 Å². The van der Waals surface area contributed by atoms with Gasteiger partial charge in [0.15, 0.2) is 0 Å². The first-order valence-corrected chi connectivity index (χ1v) is 11.5. The highest BCUT2D eigenvalue weighted by Gasteiger charge is 2.34. The molecule has 31 heavy (non-hydrogen) atoms. The molecule has 0 bridgehead atoms. The second-order valence-electron chi connectivity index (χ2n) is 8.89. The number of rotatable bonds is 9. The van der Waals surface area contributed by atoms with Crippen molar-refractivity contribution in [3.63, 3.8) is 0 Å². The lowest BCUT2D eigenvalue weighted by Gasteiger charge is -2.35. The van der Waals surface area contributed by atoms with Gasteiger partial charge in [-0.2, -0.15) is 0 Å². The third kappa shape index (κ3) is 5.89. The Morgan fingerprint density at radius 1 is 1.26 bits per heavy atom. The van der Waals surface area contributed by atoms with Crippen molar-refractivity contribution < 1.29 is 14.3 Å². The average Bonchev–Trinajstić information content (AvgIpc) is 2.73. The largest absolute Gasteiger partial charge is 0.466 e. The second-order valence-corrected chi connectivity index (χ2v) is 8.89. The first kappa shape index (κ1) is 21.9. The molecule has 6 nitrogen and oxygen atoms in total. The lowest BCUT2D eigenvalue weighted by Crippen LogP contribution is -2.36. The van der Waals surface area contributed by atoms with Crippen LogP contribution in [0.5, 0.6) is 0 Å². The molecule has 1 unspecified atom stereocenters. The summed E-state index contributed by atoms with van der Waals surface area (Å²) in [6.07, 6.45) is 5.74. The van der Waals surface area contributed by atoms with Crippen molar-refractivity contribution >= 4 is 5.97 Å². The molecule has 4 rings (SSSR count). The van der Waals surface area contributed by atoms with Gasteiger partial charge in [0.2, 0.25) is 0 Å². The van der Waals surface area contributed by atoms with Gasteiger partial charge in [0, 0.05) is 55.8 Å². The summed E-state index contributed by atoms with van der Waals surface area (Å²) < 4.78 is 11.1. The zero-order chi connectivity index (χ0) is 21.6. The van der Waals surface area contributed by atoms with Crippen molar-refractivity contribution in [1.82, 2.24) is 14.9 Å². The highest BCUT2D eigenvalue weighted by Crippen LogP contribution is 2.38. The van der Waals surface area contributed by atoms with Gasteiger partial charge in [-0.25, -0.2) is 9.97 Å². The van der Waals surface area contributed by atoms with E-state index in [-0.39, 0.29) is 11.9 Å². The Kier molecular flexibility index (Phi) is 7.30. The minimum atomic E-state index is -0.105. The van der Waals surface area contributed by atoms with Gasteiger partial charge in [-0.3, -0.25) is 9.69 Å². The molecule has 0 amide bonds. The number of nitrogens with zero attached hydrogens (tertiary/aromatic N) is 3. The summed E-state index contributed by atoms with van der Waals surface area (Å²) in [5.41, 5.74) is 3.62. The van der Waals surface area contributed by atoms with Crippen LogP contribution in [0.2, 0.25) is 0 Å². The molecule has 2 heterocycles. The smallest absolute Gasteiger partial charge is 0.306 e. The van der Waals surface area contributed by atoms with Crippen LogP contribution in [0.4, 0.5) is 0 Å². The number of benzene rings is 1. The highest BCUT2D eigenvalue weighted by molar-refractivity contribution is 5.69. The van der Waals surface area contributed by atoms with E-state index in [1.54, 1.807) is 0 Å². The van der Waals surface area contributed by atoms with Crippen LogP contribution >= 0.6 is 0 Å². The Hall–Kier alpha value is -2.31. The number of carbonyl (C=O) groups excluding carboxylic acids is 1. The van der Waals surface area contributed by atoms with Gasteiger partial charge in [0.05, 0.1) is 19.3 Å². The van der Waals surface area contributed by atoms with E-state index < -0.39 is 0 Å². The normalized spacial score (nSPS) is 21.7. The molecule has 1 fully saturated rings. The van der Waals surface area contributed by atoms with Gasteiger partial charge >= 0.3 is 5.97 Å². The molecular formula is C25H33N3O3. The Morgan fingerprint density at radius 3 is 2.84 bits per heavy atom. The number of hydrogen-bond donors (Lipinski definition) is 0. The maximum atomic E-state index is 11.7. The minimum absolute atomic E-state index is 0.105. The third-order valence-corrected chi connectivity index (χ3v) is 6.21. The number of hydrogen-bond acceptors (Lipinski definition) is 6. The topological polar surface area (TPSA) is 64.5 Å². The fourth-order valence-corrected chi connectivity index (χ4v) is 4.45. The summed E-state index contributed by atoms with van der Waals surface area (Å²) in [5, 5.41) is 0. The summed E-state index contributed by atoms with van der Waals surface area (Å²) in [4.78, 5) is 23.7. The molecule has 1 atom stereocenters. The molecule has 2 aromatic rings. The predicted octanol–water partition coefficient (Wildman–Crippen LogP) is 3.89. The molecule has 1 aromatic heterocycles. The quantitative estimate of drug-likeness (QED) is 0.570. The standard InChI is InChI=1S/C25H33N3O3/c1-3-30-24(29)11-18(2)15-28-10-9-23-21(16-28)14-26-25(27-23)20-12-22(13-20)31-17-19-7-5-4-6-8-19/h4-8,14,18,20,22H,3,9-13,15-17H2,1-2H3. The molecule has 0 saturated heterocycles.